The van der Waals surface area contributed by atoms with E-state index in [-0.39, 0.29) is 40.0 Å². The number of rotatable bonds is 3. The van der Waals surface area contributed by atoms with Crippen molar-refractivity contribution >= 4 is 37.1 Å². The zero-order valence-electron chi connectivity index (χ0n) is 10.5. The van der Waals surface area contributed by atoms with E-state index in [0.717, 1.165) is 0 Å². The van der Waals surface area contributed by atoms with Crippen molar-refractivity contribution in [3.8, 4) is 0 Å². The van der Waals surface area contributed by atoms with E-state index in [0.29, 0.717) is 0 Å². The molecule has 3 N–H and O–H groups in total. The van der Waals surface area contributed by atoms with Crippen LogP contribution in [0.25, 0.3) is 0 Å². The molecule has 112 valence electrons. The van der Waals surface area contributed by atoms with Crippen molar-refractivity contribution in [1.82, 2.24) is 4.72 Å². The van der Waals surface area contributed by atoms with E-state index in [1.54, 1.807) is 6.07 Å². The second-order valence-electron chi connectivity index (χ2n) is 4.71. The molecule has 0 saturated carbocycles. The van der Waals surface area contributed by atoms with Gasteiger partial charge in [-0.25, -0.2) is 21.6 Å². The predicted octanol–water partition coefficient (Wildman–Crippen LogP) is 0.778. The van der Waals surface area contributed by atoms with Crippen molar-refractivity contribution in [1.29, 1.82) is 0 Å². The molecular formula is C11H15ClN2O4S2. The number of halogens is 1. The zero-order valence-corrected chi connectivity index (χ0v) is 12.9. The van der Waals surface area contributed by atoms with Gasteiger partial charge in [-0.2, -0.15) is 0 Å². The van der Waals surface area contributed by atoms with E-state index in [4.69, 9.17) is 17.3 Å². The van der Waals surface area contributed by atoms with Gasteiger partial charge in [0, 0.05) is 6.04 Å². The highest BCUT2D eigenvalue weighted by molar-refractivity contribution is 7.91. The van der Waals surface area contributed by atoms with E-state index in [2.05, 4.69) is 4.72 Å². The molecule has 1 aliphatic rings. The molecule has 0 unspecified atom stereocenters. The van der Waals surface area contributed by atoms with Crippen LogP contribution in [0.2, 0.25) is 5.02 Å². The van der Waals surface area contributed by atoms with Gasteiger partial charge < -0.3 is 5.73 Å². The fourth-order valence-corrected chi connectivity index (χ4v) is 5.57. The normalized spacial score (nSPS) is 19.9. The highest BCUT2D eigenvalue weighted by Gasteiger charge is 2.29. The van der Waals surface area contributed by atoms with Crippen molar-refractivity contribution in [3.05, 3.63) is 23.2 Å². The van der Waals surface area contributed by atoms with Crippen molar-refractivity contribution < 1.29 is 16.8 Å². The number of anilines is 1. The van der Waals surface area contributed by atoms with Gasteiger partial charge in [0.1, 0.15) is 14.7 Å². The lowest BCUT2D eigenvalue weighted by Crippen LogP contribution is -2.41. The van der Waals surface area contributed by atoms with Crippen LogP contribution in [-0.2, 0) is 19.9 Å². The molecular weight excluding hydrogens is 324 g/mol. The third kappa shape index (κ3) is 3.43. The number of benzene rings is 1. The Morgan fingerprint density at radius 3 is 2.40 bits per heavy atom. The van der Waals surface area contributed by atoms with Crippen LogP contribution in [0.3, 0.4) is 0 Å². The third-order valence-electron chi connectivity index (χ3n) is 3.14. The highest BCUT2D eigenvalue weighted by atomic mass is 35.5. The van der Waals surface area contributed by atoms with Crippen LogP contribution < -0.4 is 10.5 Å². The molecule has 9 heteroatoms. The first-order valence-corrected chi connectivity index (χ1v) is 9.66. The molecule has 1 saturated heterocycles. The van der Waals surface area contributed by atoms with Crippen LogP contribution >= 0.6 is 11.6 Å². The summed E-state index contributed by atoms with van der Waals surface area (Å²) >= 11 is 5.88. The Kier molecular flexibility index (Phi) is 4.29. The van der Waals surface area contributed by atoms with Crippen LogP contribution in [0.1, 0.15) is 12.8 Å². The number of nitrogens with two attached hydrogens (primary N) is 1. The fraction of sp³-hybridized carbons (Fsp3) is 0.455. The Morgan fingerprint density at radius 1 is 1.25 bits per heavy atom. The van der Waals surface area contributed by atoms with E-state index in [9.17, 15) is 16.8 Å². The van der Waals surface area contributed by atoms with E-state index < -0.39 is 25.9 Å². The SMILES string of the molecule is Nc1cccc(Cl)c1S(=O)(=O)NC1CCS(=O)(=O)CC1. The van der Waals surface area contributed by atoms with Gasteiger partial charge in [-0.15, -0.1) is 0 Å². The molecule has 0 amide bonds. The van der Waals surface area contributed by atoms with Gasteiger partial charge in [0.2, 0.25) is 10.0 Å². The number of sulfonamides is 1. The molecule has 6 nitrogen and oxygen atoms in total. The van der Waals surface area contributed by atoms with Gasteiger partial charge in [0.05, 0.1) is 22.2 Å². The summed E-state index contributed by atoms with van der Waals surface area (Å²) in [5.41, 5.74) is 5.72. The first-order chi connectivity index (χ1) is 9.21. The molecule has 0 aliphatic carbocycles. The van der Waals surface area contributed by atoms with Crippen LogP contribution in [0.4, 0.5) is 5.69 Å². The molecule has 1 fully saturated rings. The monoisotopic (exact) mass is 338 g/mol. The number of sulfone groups is 1. The minimum Gasteiger partial charge on any atom is -0.398 e. The maximum absolute atomic E-state index is 12.3. The van der Waals surface area contributed by atoms with Crippen LogP contribution in [0, 0.1) is 0 Å². The summed E-state index contributed by atoms with van der Waals surface area (Å²) in [7, 11) is -6.90. The number of hydrogen-bond acceptors (Lipinski definition) is 5. The van der Waals surface area contributed by atoms with Crippen molar-refractivity contribution in [2.24, 2.45) is 0 Å². The molecule has 1 aromatic rings. The Balaban J connectivity index is 2.21. The lowest BCUT2D eigenvalue weighted by molar-refractivity contribution is 0.505. The second kappa shape index (κ2) is 5.51. The zero-order chi connectivity index (χ0) is 15.0. The maximum atomic E-state index is 12.3. The molecule has 1 aromatic carbocycles. The second-order valence-corrected chi connectivity index (χ2v) is 9.07. The van der Waals surface area contributed by atoms with Crippen LogP contribution in [0.15, 0.2) is 23.1 Å². The Hall–Kier alpha value is -0.830. The summed E-state index contributed by atoms with van der Waals surface area (Å²) in [5.74, 6) is -0.0314. The summed E-state index contributed by atoms with van der Waals surface area (Å²) in [6, 6.07) is 4.03. The van der Waals surface area contributed by atoms with Gasteiger partial charge in [0.15, 0.2) is 0 Å². The number of hydrogen-bond donors (Lipinski definition) is 2. The Labute approximate surface area is 123 Å². The predicted molar refractivity (Wildman–Crippen MR) is 77.9 cm³/mol. The van der Waals surface area contributed by atoms with Gasteiger partial charge in [0.25, 0.3) is 0 Å². The summed E-state index contributed by atoms with van der Waals surface area (Å²) in [4.78, 5) is -0.157. The van der Waals surface area contributed by atoms with Gasteiger partial charge in [-0.1, -0.05) is 17.7 Å². The average Bonchev–Trinajstić information content (AvgIpc) is 2.31. The summed E-state index contributed by atoms with van der Waals surface area (Å²) in [6.07, 6.45) is 0.512. The summed E-state index contributed by atoms with van der Waals surface area (Å²) in [6.45, 7) is 0. The lowest BCUT2D eigenvalue weighted by atomic mass is 10.2. The highest BCUT2D eigenvalue weighted by Crippen LogP contribution is 2.27. The molecule has 0 bridgehead atoms. The molecule has 0 spiro atoms. The lowest BCUT2D eigenvalue weighted by Gasteiger charge is -2.23. The van der Waals surface area contributed by atoms with Crippen molar-refractivity contribution in [2.75, 3.05) is 17.2 Å². The van der Waals surface area contributed by atoms with Gasteiger partial charge in [-0.3, -0.25) is 0 Å². The molecule has 0 aromatic heterocycles. The van der Waals surface area contributed by atoms with Crippen molar-refractivity contribution in [2.45, 2.75) is 23.8 Å². The number of nitrogens with one attached hydrogen (secondary N) is 1. The van der Waals surface area contributed by atoms with Crippen LogP contribution in [-0.4, -0.2) is 34.4 Å². The average molecular weight is 339 g/mol. The van der Waals surface area contributed by atoms with E-state index in [1.165, 1.54) is 12.1 Å². The van der Waals surface area contributed by atoms with Crippen molar-refractivity contribution in [3.63, 3.8) is 0 Å². The first kappa shape index (κ1) is 15.6. The molecule has 0 radical (unpaired) electrons. The standard InChI is InChI=1S/C11H15ClN2O4S2/c12-9-2-1-3-10(13)11(9)20(17,18)14-8-4-6-19(15,16)7-5-8/h1-3,8,14H,4-7,13H2. The molecule has 20 heavy (non-hydrogen) atoms. The van der Waals surface area contributed by atoms with E-state index >= 15 is 0 Å². The van der Waals surface area contributed by atoms with Gasteiger partial charge in [-0.05, 0) is 25.0 Å². The fourth-order valence-electron chi connectivity index (χ4n) is 2.10. The van der Waals surface area contributed by atoms with E-state index in [1.807, 2.05) is 0 Å². The smallest absolute Gasteiger partial charge is 0.244 e. The quantitative estimate of drug-likeness (QED) is 0.792. The third-order valence-corrected chi connectivity index (χ3v) is 6.92. The Morgan fingerprint density at radius 2 is 1.85 bits per heavy atom. The molecule has 1 heterocycles. The Bertz CT molecular complexity index is 682. The summed E-state index contributed by atoms with van der Waals surface area (Å²) < 4.78 is 49.7. The van der Waals surface area contributed by atoms with Gasteiger partial charge >= 0.3 is 0 Å². The first-order valence-electron chi connectivity index (χ1n) is 5.98. The number of nitrogen functional groups attached to an aromatic ring is 1. The summed E-state index contributed by atoms with van der Waals surface area (Å²) in [5, 5.41) is 0.0425. The molecule has 2 rings (SSSR count). The largest absolute Gasteiger partial charge is 0.398 e. The minimum absolute atomic E-state index is 0.0157. The molecule has 1 aliphatic heterocycles. The minimum atomic E-state index is -3.86. The topological polar surface area (TPSA) is 106 Å². The maximum Gasteiger partial charge on any atom is 0.244 e. The molecule has 0 atom stereocenters. The van der Waals surface area contributed by atoms with Crippen LogP contribution in [0.5, 0.6) is 0 Å².